The largest absolute Gasteiger partial charge is 0.508 e. The molecular formula is C24H21ClN2O5. The average Bonchev–Trinajstić information content (AvgIpc) is 3.12. The van der Waals surface area contributed by atoms with Crippen LogP contribution in [-0.4, -0.2) is 22.7 Å². The van der Waals surface area contributed by atoms with Crippen molar-refractivity contribution >= 4 is 29.2 Å². The molecule has 164 valence electrons. The number of carbonyl (C=O) groups excluding carboxylic acids is 2. The molecule has 3 aromatic rings. The Kier molecular flexibility index (Phi) is 6.01. The SMILES string of the molecule is Cc1cc(OC(=O)c2oc3c(c2C)/C(=N/NC(=O)c2ccc(O)cc2)CCC3)ccc1Cl. The lowest BCUT2D eigenvalue weighted by Gasteiger charge is -2.13. The van der Waals surface area contributed by atoms with E-state index in [-0.39, 0.29) is 11.5 Å². The molecule has 0 unspecified atom stereocenters. The van der Waals surface area contributed by atoms with E-state index < -0.39 is 11.9 Å². The van der Waals surface area contributed by atoms with Gasteiger partial charge >= 0.3 is 5.97 Å². The number of amides is 1. The molecule has 0 saturated carbocycles. The summed E-state index contributed by atoms with van der Waals surface area (Å²) in [7, 11) is 0. The van der Waals surface area contributed by atoms with E-state index in [1.807, 2.05) is 6.92 Å². The Balaban J connectivity index is 1.56. The lowest BCUT2D eigenvalue weighted by atomic mass is 9.93. The van der Waals surface area contributed by atoms with Gasteiger partial charge in [0, 0.05) is 28.1 Å². The van der Waals surface area contributed by atoms with E-state index >= 15 is 0 Å². The quantitative estimate of drug-likeness (QED) is 0.331. The van der Waals surface area contributed by atoms with Crippen LogP contribution in [0.5, 0.6) is 11.5 Å². The molecule has 0 fully saturated rings. The summed E-state index contributed by atoms with van der Waals surface area (Å²) in [6.07, 6.45) is 2.07. The van der Waals surface area contributed by atoms with Crippen molar-refractivity contribution in [3.05, 3.63) is 81.3 Å². The molecule has 0 atom stereocenters. The highest BCUT2D eigenvalue weighted by Crippen LogP contribution is 2.31. The van der Waals surface area contributed by atoms with E-state index in [4.69, 9.17) is 20.8 Å². The minimum absolute atomic E-state index is 0.0759. The summed E-state index contributed by atoms with van der Waals surface area (Å²) in [5, 5.41) is 14.2. The predicted octanol–water partition coefficient (Wildman–Crippen LogP) is 4.95. The fourth-order valence-corrected chi connectivity index (χ4v) is 3.72. The molecule has 1 aliphatic rings. The van der Waals surface area contributed by atoms with E-state index in [1.54, 1.807) is 25.1 Å². The first-order chi connectivity index (χ1) is 15.3. The van der Waals surface area contributed by atoms with Gasteiger partial charge < -0.3 is 14.3 Å². The number of halogens is 1. The first-order valence-corrected chi connectivity index (χ1v) is 10.5. The lowest BCUT2D eigenvalue weighted by Crippen LogP contribution is -2.22. The maximum atomic E-state index is 12.8. The van der Waals surface area contributed by atoms with Gasteiger partial charge in [-0.25, -0.2) is 10.2 Å². The number of hydrazone groups is 1. The number of phenolic OH excluding ortho intramolecular Hbond substituents is 1. The number of phenols is 1. The standard InChI is InChI=1S/C24H21ClN2O5/c1-13-12-17(10-11-18(13)25)31-24(30)22-14(2)21-19(4-3-5-20(21)32-22)26-27-23(29)15-6-8-16(28)9-7-15/h6-12,28H,3-5H2,1-2H3,(H,27,29)/b26-19+. The number of fused-ring (bicyclic) bond motifs is 1. The van der Waals surface area contributed by atoms with Crippen LogP contribution >= 0.6 is 11.6 Å². The van der Waals surface area contributed by atoms with Crippen molar-refractivity contribution in [2.24, 2.45) is 5.10 Å². The Hall–Kier alpha value is -3.58. The molecule has 2 N–H and O–H groups in total. The third-order valence-electron chi connectivity index (χ3n) is 5.27. The average molecular weight is 453 g/mol. The van der Waals surface area contributed by atoms with Crippen molar-refractivity contribution in [3.8, 4) is 11.5 Å². The molecule has 1 aromatic heterocycles. The van der Waals surface area contributed by atoms with Crippen LogP contribution in [0.25, 0.3) is 0 Å². The molecule has 1 heterocycles. The Labute approximate surface area is 189 Å². The number of carbonyl (C=O) groups is 2. The van der Waals surface area contributed by atoms with E-state index in [9.17, 15) is 14.7 Å². The zero-order chi connectivity index (χ0) is 22.8. The predicted molar refractivity (Wildman–Crippen MR) is 120 cm³/mol. The number of hydrogen-bond donors (Lipinski definition) is 2. The van der Waals surface area contributed by atoms with Crippen LogP contribution in [-0.2, 0) is 6.42 Å². The molecule has 1 aliphatic carbocycles. The summed E-state index contributed by atoms with van der Waals surface area (Å²) < 4.78 is 11.3. The minimum Gasteiger partial charge on any atom is -0.508 e. The Bertz CT molecular complexity index is 1230. The molecule has 0 saturated heterocycles. The van der Waals surface area contributed by atoms with Gasteiger partial charge in [0.05, 0.1) is 5.71 Å². The van der Waals surface area contributed by atoms with Gasteiger partial charge in [0.1, 0.15) is 17.3 Å². The number of nitrogens with zero attached hydrogens (tertiary/aromatic N) is 1. The van der Waals surface area contributed by atoms with Crippen molar-refractivity contribution in [2.75, 3.05) is 0 Å². The van der Waals surface area contributed by atoms with Gasteiger partial charge in [-0.05, 0) is 74.7 Å². The van der Waals surface area contributed by atoms with Gasteiger partial charge in [0.15, 0.2) is 0 Å². The van der Waals surface area contributed by atoms with Gasteiger partial charge in [-0.1, -0.05) is 11.6 Å². The van der Waals surface area contributed by atoms with Crippen LogP contribution in [0.4, 0.5) is 0 Å². The molecule has 1 amide bonds. The van der Waals surface area contributed by atoms with E-state index in [0.717, 1.165) is 17.5 Å². The molecule has 2 aromatic carbocycles. The monoisotopic (exact) mass is 452 g/mol. The summed E-state index contributed by atoms with van der Waals surface area (Å²) >= 11 is 6.03. The van der Waals surface area contributed by atoms with Crippen LogP contribution in [0.3, 0.4) is 0 Å². The summed E-state index contributed by atoms with van der Waals surface area (Å²) in [5.41, 5.74) is 5.69. The maximum absolute atomic E-state index is 12.8. The Morgan fingerprint density at radius 2 is 1.88 bits per heavy atom. The number of esters is 1. The van der Waals surface area contributed by atoms with Gasteiger partial charge in [0.2, 0.25) is 5.76 Å². The summed E-state index contributed by atoms with van der Waals surface area (Å²) in [5.74, 6) is 0.204. The second-order valence-corrected chi connectivity index (χ2v) is 7.96. The molecule has 0 spiro atoms. The fraction of sp³-hybridized carbons (Fsp3) is 0.208. The maximum Gasteiger partial charge on any atom is 0.379 e. The van der Waals surface area contributed by atoms with Crippen LogP contribution in [0.1, 0.15) is 56.2 Å². The van der Waals surface area contributed by atoms with Crippen LogP contribution in [0, 0.1) is 13.8 Å². The Morgan fingerprint density at radius 3 is 2.59 bits per heavy atom. The second-order valence-electron chi connectivity index (χ2n) is 7.55. The van der Waals surface area contributed by atoms with E-state index in [2.05, 4.69) is 10.5 Å². The first kappa shape index (κ1) is 21.6. The van der Waals surface area contributed by atoms with Crippen LogP contribution < -0.4 is 10.2 Å². The number of nitrogens with one attached hydrogen (secondary N) is 1. The number of hydrogen-bond acceptors (Lipinski definition) is 6. The molecule has 0 aliphatic heterocycles. The van der Waals surface area contributed by atoms with E-state index in [0.29, 0.717) is 46.2 Å². The molecule has 0 radical (unpaired) electrons. The van der Waals surface area contributed by atoms with Crippen molar-refractivity contribution in [1.29, 1.82) is 0 Å². The fourth-order valence-electron chi connectivity index (χ4n) is 3.60. The van der Waals surface area contributed by atoms with Gasteiger partial charge in [-0.2, -0.15) is 5.10 Å². The third kappa shape index (κ3) is 4.38. The van der Waals surface area contributed by atoms with Gasteiger partial charge in [0.25, 0.3) is 5.91 Å². The number of rotatable bonds is 4. The molecule has 7 nitrogen and oxygen atoms in total. The molecule has 0 bridgehead atoms. The Morgan fingerprint density at radius 1 is 1.12 bits per heavy atom. The normalized spacial score (nSPS) is 14.2. The lowest BCUT2D eigenvalue weighted by molar-refractivity contribution is 0.0698. The molecule has 8 heteroatoms. The van der Waals surface area contributed by atoms with Crippen LogP contribution in [0.2, 0.25) is 5.02 Å². The molecule has 32 heavy (non-hydrogen) atoms. The van der Waals surface area contributed by atoms with Crippen molar-refractivity contribution in [1.82, 2.24) is 5.43 Å². The van der Waals surface area contributed by atoms with Gasteiger partial charge in [-0.15, -0.1) is 0 Å². The topological polar surface area (TPSA) is 101 Å². The molecular weight excluding hydrogens is 432 g/mol. The number of ether oxygens (including phenoxy) is 1. The van der Waals surface area contributed by atoms with Crippen LogP contribution in [0.15, 0.2) is 52.0 Å². The van der Waals surface area contributed by atoms with Gasteiger partial charge in [-0.3, -0.25) is 4.79 Å². The number of aryl methyl sites for hydroxylation is 2. The second kappa shape index (κ2) is 8.88. The zero-order valence-corrected chi connectivity index (χ0v) is 18.3. The zero-order valence-electron chi connectivity index (χ0n) is 17.6. The summed E-state index contributed by atoms with van der Waals surface area (Å²) in [4.78, 5) is 25.1. The smallest absolute Gasteiger partial charge is 0.379 e. The molecule has 4 rings (SSSR count). The first-order valence-electron chi connectivity index (χ1n) is 10.1. The third-order valence-corrected chi connectivity index (χ3v) is 5.70. The number of furan rings is 1. The highest BCUT2D eigenvalue weighted by atomic mass is 35.5. The summed E-state index contributed by atoms with van der Waals surface area (Å²) in [6.45, 7) is 3.60. The van der Waals surface area contributed by atoms with Crippen molar-refractivity contribution < 1.29 is 23.8 Å². The summed E-state index contributed by atoms with van der Waals surface area (Å²) in [6, 6.07) is 10.9. The number of benzene rings is 2. The minimum atomic E-state index is -0.605. The van der Waals surface area contributed by atoms with Crippen molar-refractivity contribution in [2.45, 2.75) is 33.1 Å². The van der Waals surface area contributed by atoms with E-state index in [1.165, 1.54) is 24.3 Å². The highest BCUT2D eigenvalue weighted by Gasteiger charge is 2.29. The number of aromatic hydroxyl groups is 1. The highest BCUT2D eigenvalue weighted by molar-refractivity contribution is 6.31. The van der Waals surface area contributed by atoms with Crippen molar-refractivity contribution in [3.63, 3.8) is 0 Å².